The minimum absolute atomic E-state index is 0.0219. The third kappa shape index (κ3) is 4.49. The van der Waals surface area contributed by atoms with Crippen molar-refractivity contribution in [3.63, 3.8) is 0 Å². The third-order valence-electron chi connectivity index (χ3n) is 3.93. The Morgan fingerprint density at radius 1 is 1.43 bits per heavy atom. The summed E-state index contributed by atoms with van der Waals surface area (Å²) >= 11 is 1.76. The zero-order valence-corrected chi connectivity index (χ0v) is 13.7. The van der Waals surface area contributed by atoms with Crippen LogP contribution in [0, 0.1) is 0 Å². The molecule has 0 aliphatic carbocycles. The lowest BCUT2D eigenvalue weighted by atomic mass is 10.1. The van der Waals surface area contributed by atoms with Crippen LogP contribution in [-0.2, 0) is 17.9 Å². The topological polar surface area (TPSA) is 67.2 Å². The molecule has 2 aromatic heterocycles. The molecule has 0 bridgehead atoms. The van der Waals surface area contributed by atoms with E-state index in [2.05, 4.69) is 32.7 Å². The van der Waals surface area contributed by atoms with Crippen LogP contribution in [0.4, 0.5) is 0 Å². The molecule has 7 heteroatoms. The Labute approximate surface area is 138 Å². The molecular formula is C16H20N4O2S. The smallest absolute Gasteiger partial charge is 0.347 e. The zero-order chi connectivity index (χ0) is 16.1. The fourth-order valence-electron chi connectivity index (χ4n) is 2.88. The van der Waals surface area contributed by atoms with Crippen LogP contribution >= 0.6 is 11.3 Å². The van der Waals surface area contributed by atoms with Gasteiger partial charge in [0.25, 0.3) is 0 Å². The summed E-state index contributed by atoms with van der Waals surface area (Å²) in [6.07, 6.45) is 5.07. The van der Waals surface area contributed by atoms with Crippen LogP contribution in [-0.4, -0.2) is 39.5 Å². The molecule has 1 N–H and O–H groups in total. The summed E-state index contributed by atoms with van der Waals surface area (Å²) in [5.74, 6) is -0.136. The van der Waals surface area contributed by atoms with Crippen molar-refractivity contribution in [2.75, 3.05) is 13.1 Å². The van der Waals surface area contributed by atoms with E-state index in [1.165, 1.54) is 15.6 Å². The van der Waals surface area contributed by atoms with E-state index in [1.807, 2.05) is 0 Å². The first kappa shape index (κ1) is 15.9. The number of hydrogen-bond acceptors (Lipinski definition) is 5. The average molecular weight is 332 g/mol. The van der Waals surface area contributed by atoms with Crippen molar-refractivity contribution in [1.29, 1.82) is 0 Å². The summed E-state index contributed by atoms with van der Waals surface area (Å²) in [5.41, 5.74) is -0.398. The van der Waals surface area contributed by atoms with Gasteiger partial charge in [0.05, 0.1) is 0 Å². The van der Waals surface area contributed by atoms with Crippen LogP contribution < -0.4 is 11.0 Å². The molecule has 3 heterocycles. The molecule has 0 radical (unpaired) electrons. The molecule has 1 atom stereocenters. The van der Waals surface area contributed by atoms with E-state index in [0.29, 0.717) is 0 Å². The highest BCUT2D eigenvalue weighted by Crippen LogP contribution is 2.16. The number of carbonyl (C=O) groups is 1. The summed E-state index contributed by atoms with van der Waals surface area (Å²) in [4.78, 5) is 31.1. The summed E-state index contributed by atoms with van der Waals surface area (Å²) in [7, 11) is 0. The zero-order valence-electron chi connectivity index (χ0n) is 12.9. The summed E-state index contributed by atoms with van der Waals surface area (Å²) in [6.45, 7) is 2.87. The second-order valence-electron chi connectivity index (χ2n) is 5.75. The Balaban J connectivity index is 1.52. The molecule has 2 aromatic rings. The molecule has 0 saturated carbocycles. The van der Waals surface area contributed by atoms with Gasteiger partial charge < -0.3 is 5.32 Å². The van der Waals surface area contributed by atoms with Crippen molar-refractivity contribution < 1.29 is 4.79 Å². The van der Waals surface area contributed by atoms with Crippen molar-refractivity contribution in [1.82, 2.24) is 19.8 Å². The van der Waals surface area contributed by atoms with Gasteiger partial charge in [-0.15, -0.1) is 11.3 Å². The van der Waals surface area contributed by atoms with E-state index >= 15 is 0 Å². The second kappa shape index (κ2) is 7.52. The normalized spacial score (nSPS) is 18.7. The molecular weight excluding hydrogens is 312 g/mol. The largest absolute Gasteiger partial charge is 0.351 e. The maximum atomic E-state index is 12.1. The summed E-state index contributed by atoms with van der Waals surface area (Å²) in [5, 5.41) is 5.13. The predicted molar refractivity (Wildman–Crippen MR) is 89.3 cm³/mol. The van der Waals surface area contributed by atoms with Crippen LogP contribution in [0.2, 0.25) is 0 Å². The molecule has 0 spiro atoms. The molecule has 23 heavy (non-hydrogen) atoms. The highest BCUT2D eigenvalue weighted by Gasteiger charge is 2.21. The molecule has 0 aromatic carbocycles. The minimum atomic E-state index is -0.398. The van der Waals surface area contributed by atoms with E-state index in [4.69, 9.17) is 0 Å². The Bertz CT molecular complexity index is 698. The summed E-state index contributed by atoms with van der Waals surface area (Å²) < 4.78 is 1.32. The number of piperidine rings is 1. The standard InChI is InChI=1S/C16H20N4O2S/c21-15(12-20-8-3-6-17-16(20)22)18-13-4-1-7-19(10-13)11-14-5-2-9-23-14/h2-3,5-6,8-9,13H,1,4,7,10-12H2,(H,18,21). The van der Waals surface area contributed by atoms with E-state index < -0.39 is 5.69 Å². The van der Waals surface area contributed by atoms with Crippen molar-refractivity contribution in [2.45, 2.75) is 32.0 Å². The molecule has 1 fully saturated rings. The lowest BCUT2D eigenvalue weighted by Gasteiger charge is -2.32. The van der Waals surface area contributed by atoms with Crippen molar-refractivity contribution >= 4 is 17.2 Å². The molecule has 1 aliphatic heterocycles. The molecule has 122 valence electrons. The van der Waals surface area contributed by atoms with Crippen LogP contribution in [0.25, 0.3) is 0 Å². The number of amides is 1. The predicted octanol–water partition coefficient (Wildman–Crippen LogP) is 1.09. The van der Waals surface area contributed by atoms with Crippen LogP contribution in [0.1, 0.15) is 17.7 Å². The van der Waals surface area contributed by atoms with E-state index in [0.717, 1.165) is 32.5 Å². The lowest BCUT2D eigenvalue weighted by Crippen LogP contribution is -2.48. The van der Waals surface area contributed by atoms with Gasteiger partial charge in [-0.25, -0.2) is 9.78 Å². The van der Waals surface area contributed by atoms with Gasteiger partial charge in [-0.1, -0.05) is 6.07 Å². The molecule has 1 aliphatic rings. The number of rotatable bonds is 5. The van der Waals surface area contributed by atoms with Gasteiger partial charge in [0.2, 0.25) is 5.91 Å². The average Bonchev–Trinajstić information content (AvgIpc) is 3.03. The summed E-state index contributed by atoms with van der Waals surface area (Å²) in [6, 6.07) is 6.00. The van der Waals surface area contributed by atoms with Gasteiger partial charge in [-0.3, -0.25) is 14.3 Å². The lowest BCUT2D eigenvalue weighted by molar-refractivity contribution is -0.122. The molecule has 3 rings (SSSR count). The fraction of sp³-hybridized carbons (Fsp3) is 0.438. The van der Waals surface area contributed by atoms with Crippen molar-refractivity contribution in [3.05, 3.63) is 51.3 Å². The first-order valence-electron chi connectivity index (χ1n) is 7.76. The molecule has 6 nitrogen and oxygen atoms in total. The van der Waals surface area contributed by atoms with E-state index in [1.54, 1.807) is 23.6 Å². The second-order valence-corrected chi connectivity index (χ2v) is 6.78. The van der Waals surface area contributed by atoms with E-state index in [9.17, 15) is 9.59 Å². The number of likely N-dealkylation sites (tertiary alicyclic amines) is 1. The highest BCUT2D eigenvalue weighted by atomic mass is 32.1. The Morgan fingerprint density at radius 3 is 3.13 bits per heavy atom. The highest BCUT2D eigenvalue weighted by molar-refractivity contribution is 7.09. The fourth-order valence-corrected chi connectivity index (χ4v) is 3.62. The monoisotopic (exact) mass is 332 g/mol. The van der Waals surface area contributed by atoms with E-state index in [-0.39, 0.29) is 18.5 Å². The number of hydrogen-bond donors (Lipinski definition) is 1. The van der Waals surface area contributed by atoms with Crippen LogP contribution in [0.15, 0.2) is 40.8 Å². The number of nitrogens with one attached hydrogen (secondary N) is 1. The molecule has 1 amide bonds. The molecule has 1 saturated heterocycles. The van der Waals surface area contributed by atoms with Gasteiger partial charge in [0.15, 0.2) is 0 Å². The van der Waals surface area contributed by atoms with Gasteiger partial charge >= 0.3 is 5.69 Å². The van der Waals surface area contributed by atoms with Crippen LogP contribution in [0.5, 0.6) is 0 Å². The molecule has 1 unspecified atom stereocenters. The number of carbonyl (C=O) groups excluding carboxylic acids is 1. The van der Waals surface area contributed by atoms with Crippen molar-refractivity contribution in [3.8, 4) is 0 Å². The Kier molecular flexibility index (Phi) is 5.19. The third-order valence-corrected chi connectivity index (χ3v) is 4.79. The maximum absolute atomic E-state index is 12.1. The minimum Gasteiger partial charge on any atom is -0.351 e. The number of thiophene rings is 1. The van der Waals surface area contributed by atoms with Gasteiger partial charge in [-0.05, 0) is 36.9 Å². The van der Waals surface area contributed by atoms with Crippen molar-refractivity contribution in [2.24, 2.45) is 0 Å². The first-order chi connectivity index (χ1) is 11.2. The maximum Gasteiger partial charge on any atom is 0.347 e. The van der Waals surface area contributed by atoms with Gasteiger partial charge in [0, 0.05) is 36.4 Å². The van der Waals surface area contributed by atoms with Gasteiger partial charge in [0.1, 0.15) is 6.54 Å². The quantitative estimate of drug-likeness (QED) is 0.890. The SMILES string of the molecule is O=C(Cn1cccnc1=O)NC1CCCN(Cc2cccs2)C1. The van der Waals surface area contributed by atoms with Gasteiger partial charge in [-0.2, -0.15) is 0 Å². The Morgan fingerprint density at radius 2 is 2.35 bits per heavy atom. The first-order valence-corrected chi connectivity index (χ1v) is 8.64. The Hall–Kier alpha value is -1.99. The number of nitrogens with zero attached hydrogens (tertiary/aromatic N) is 3. The van der Waals surface area contributed by atoms with Crippen LogP contribution in [0.3, 0.4) is 0 Å². The number of aromatic nitrogens is 2.